The van der Waals surface area contributed by atoms with Crippen LogP contribution in [0.3, 0.4) is 0 Å². The van der Waals surface area contributed by atoms with Gasteiger partial charge in [0, 0.05) is 6.92 Å². The maximum atomic E-state index is 11.7. The minimum atomic E-state index is -4.57. The average Bonchev–Trinajstić information content (AvgIpc) is 1.96. The van der Waals surface area contributed by atoms with E-state index in [1.165, 1.54) is 0 Å². The molecular formula is C6H9F3N2O3. The lowest BCUT2D eigenvalue weighted by Crippen LogP contribution is -2.45. The van der Waals surface area contributed by atoms with Gasteiger partial charge in [0.2, 0.25) is 0 Å². The molecule has 0 saturated carbocycles. The molecule has 1 amide bonds. The summed E-state index contributed by atoms with van der Waals surface area (Å²) in [5.74, 6) is 2.88. The molecule has 0 spiro atoms. The molecule has 0 rings (SSSR count). The maximum Gasteiger partial charge on any atom is 0.407 e. The number of hydrogen-bond acceptors (Lipinski definition) is 4. The number of carbonyl (C=O) groups is 2. The number of alkyl halides is 3. The number of amides is 1. The van der Waals surface area contributed by atoms with Crippen molar-refractivity contribution in [1.29, 1.82) is 0 Å². The van der Waals surface area contributed by atoms with Crippen LogP contribution in [0.2, 0.25) is 0 Å². The molecule has 0 fully saturated rings. The summed E-state index contributed by atoms with van der Waals surface area (Å²) < 4.78 is 39.2. The van der Waals surface area contributed by atoms with Gasteiger partial charge in [-0.15, -0.1) is 0 Å². The smallest absolute Gasteiger partial charge is 0.407 e. The molecule has 0 aromatic heterocycles. The SMILES string of the molecule is CC(=O)OCC(=O)N(N)CC(F)(F)F. The molecule has 0 aliphatic rings. The zero-order valence-corrected chi connectivity index (χ0v) is 7.30. The van der Waals surface area contributed by atoms with Crippen LogP contribution in [0, 0.1) is 0 Å². The van der Waals surface area contributed by atoms with Crippen molar-refractivity contribution < 1.29 is 27.5 Å². The van der Waals surface area contributed by atoms with E-state index in [0.717, 1.165) is 6.92 Å². The van der Waals surface area contributed by atoms with Crippen LogP contribution in [-0.4, -0.2) is 36.2 Å². The second-order valence-corrected chi connectivity index (χ2v) is 2.42. The number of hydrogen-bond donors (Lipinski definition) is 1. The van der Waals surface area contributed by atoms with Crippen LogP contribution in [0.4, 0.5) is 13.2 Å². The van der Waals surface area contributed by atoms with E-state index in [9.17, 15) is 22.8 Å². The fourth-order valence-electron chi connectivity index (χ4n) is 0.528. The second kappa shape index (κ2) is 4.80. The Morgan fingerprint density at radius 3 is 2.29 bits per heavy atom. The van der Waals surface area contributed by atoms with Gasteiger partial charge in [-0.3, -0.25) is 14.6 Å². The summed E-state index contributed by atoms with van der Waals surface area (Å²) in [6, 6.07) is 0. The van der Waals surface area contributed by atoms with Crippen molar-refractivity contribution in [3.63, 3.8) is 0 Å². The number of rotatable bonds is 3. The van der Waals surface area contributed by atoms with Crippen molar-refractivity contribution in [2.75, 3.05) is 13.2 Å². The standard InChI is InChI=1S/C6H9F3N2O3/c1-4(12)14-2-5(13)11(10)3-6(7,8)9/h2-3,10H2,1H3. The lowest BCUT2D eigenvalue weighted by atomic mass is 10.5. The molecule has 2 N–H and O–H groups in total. The summed E-state index contributed by atoms with van der Waals surface area (Å²) in [7, 11) is 0. The predicted octanol–water partition coefficient (Wildman–Crippen LogP) is -0.186. The molecule has 0 heterocycles. The van der Waals surface area contributed by atoms with Crippen molar-refractivity contribution in [3.05, 3.63) is 0 Å². The lowest BCUT2D eigenvalue weighted by molar-refractivity contribution is -0.166. The molecule has 0 saturated heterocycles. The van der Waals surface area contributed by atoms with Crippen LogP contribution >= 0.6 is 0 Å². The van der Waals surface area contributed by atoms with Crippen molar-refractivity contribution in [3.8, 4) is 0 Å². The number of nitrogens with two attached hydrogens (primary N) is 1. The van der Waals surface area contributed by atoms with E-state index in [2.05, 4.69) is 4.74 Å². The van der Waals surface area contributed by atoms with Gasteiger partial charge in [0.15, 0.2) is 6.61 Å². The Kier molecular flexibility index (Phi) is 4.35. The highest BCUT2D eigenvalue weighted by Crippen LogP contribution is 2.14. The highest BCUT2D eigenvalue weighted by Gasteiger charge is 2.31. The van der Waals surface area contributed by atoms with E-state index in [-0.39, 0.29) is 5.01 Å². The Bertz CT molecular complexity index is 229. The lowest BCUT2D eigenvalue weighted by Gasteiger charge is -2.17. The fourth-order valence-corrected chi connectivity index (χ4v) is 0.528. The number of hydrazine groups is 1. The summed E-state index contributed by atoms with van der Waals surface area (Å²) in [5, 5.41) is -0.0526. The van der Waals surface area contributed by atoms with E-state index >= 15 is 0 Å². The molecule has 0 bridgehead atoms. The molecule has 0 atom stereocenters. The van der Waals surface area contributed by atoms with Crippen molar-refractivity contribution in [2.24, 2.45) is 5.84 Å². The zero-order valence-electron chi connectivity index (χ0n) is 7.30. The van der Waals surface area contributed by atoms with Crippen molar-refractivity contribution in [2.45, 2.75) is 13.1 Å². The summed E-state index contributed by atoms with van der Waals surface area (Å²) in [4.78, 5) is 20.9. The molecule has 14 heavy (non-hydrogen) atoms. The molecule has 82 valence electrons. The highest BCUT2D eigenvalue weighted by molar-refractivity contribution is 5.79. The van der Waals surface area contributed by atoms with E-state index in [1.807, 2.05) is 0 Å². The Balaban J connectivity index is 3.94. The van der Waals surface area contributed by atoms with Crippen molar-refractivity contribution in [1.82, 2.24) is 5.01 Å². The van der Waals surface area contributed by atoms with Gasteiger partial charge >= 0.3 is 12.1 Å². The van der Waals surface area contributed by atoms with Gasteiger partial charge in [-0.1, -0.05) is 0 Å². The Morgan fingerprint density at radius 1 is 1.43 bits per heavy atom. The minimum absolute atomic E-state index is 0.0526. The molecule has 0 unspecified atom stereocenters. The average molecular weight is 214 g/mol. The first kappa shape index (κ1) is 12.7. The maximum absolute atomic E-state index is 11.7. The first-order valence-electron chi connectivity index (χ1n) is 3.47. The topological polar surface area (TPSA) is 72.6 Å². The van der Waals surface area contributed by atoms with Crippen LogP contribution in [-0.2, 0) is 14.3 Å². The first-order chi connectivity index (χ1) is 6.22. The quantitative estimate of drug-likeness (QED) is 0.306. The molecule has 0 aromatic rings. The van der Waals surface area contributed by atoms with Gasteiger partial charge in [-0.05, 0) is 0 Å². The molecule has 5 nitrogen and oxygen atoms in total. The minimum Gasteiger partial charge on any atom is -0.456 e. The van der Waals surface area contributed by atoms with Crippen LogP contribution in [0.25, 0.3) is 0 Å². The molecule has 0 aromatic carbocycles. The van der Waals surface area contributed by atoms with Gasteiger partial charge in [0.1, 0.15) is 6.54 Å². The summed E-state index contributed by atoms with van der Waals surface area (Å²) in [6.07, 6.45) is -4.57. The fraction of sp³-hybridized carbons (Fsp3) is 0.667. The highest BCUT2D eigenvalue weighted by atomic mass is 19.4. The van der Waals surface area contributed by atoms with Crippen LogP contribution in [0.1, 0.15) is 6.92 Å². The van der Waals surface area contributed by atoms with Gasteiger partial charge in [-0.2, -0.15) is 13.2 Å². The second-order valence-electron chi connectivity index (χ2n) is 2.42. The predicted molar refractivity (Wildman–Crippen MR) is 38.6 cm³/mol. The van der Waals surface area contributed by atoms with E-state index in [1.54, 1.807) is 0 Å². The molecule has 0 aliphatic heterocycles. The van der Waals surface area contributed by atoms with Crippen molar-refractivity contribution >= 4 is 11.9 Å². The number of esters is 1. The number of nitrogens with zero attached hydrogens (tertiary/aromatic N) is 1. The van der Waals surface area contributed by atoms with E-state index in [0.29, 0.717) is 0 Å². The van der Waals surface area contributed by atoms with Crippen LogP contribution < -0.4 is 5.84 Å². The normalized spacial score (nSPS) is 10.9. The van der Waals surface area contributed by atoms with Gasteiger partial charge in [0.25, 0.3) is 5.91 Å². The largest absolute Gasteiger partial charge is 0.456 e. The van der Waals surface area contributed by atoms with Gasteiger partial charge in [0.05, 0.1) is 0 Å². The Morgan fingerprint density at radius 2 is 1.93 bits per heavy atom. The number of carbonyl (C=O) groups excluding carboxylic acids is 2. The Hall–Kier alpha value is -1.31. The van der Waals surface area contributed by atoms with E-state index < -0.39 is 31.2 Å². The molecule has 0 aliphatic carbocycles. The summed E-state index contributed by atoms with van der Waals surface area (Å²) in [6.45, 7) is -1.34. The monoisotopic (exact) mass is 214 g/mol. The summed E-state index contributed by atoms with van der Waals surface area (Å²) in [5.41, 5.74) is 0. The van der Waals surface area contributed by atoms with Gasteiger partial charge < -0.3 is 4.74 Å². The third-order valence-corrected chi connectivity index (χ3v) is 1.07. The third kappa shape index (κ3) is 6.23. The van der Waals surface area contributed by atoms with E-state index in [4.69, 9.17) is 5.84 Å². The van der Waals surface area contributed by atoms with Crippen LogP contribution in [0.5, 0.6) is 0 Å². The van der Waals surface area contributed by atoms with Gasteiger partial charge in [-0.25, -0.2) is 5.84 Å². The number of halogens is 3. The first-order valence-corrected chi connectivity index (χ1v) is 3.47. The van der Waals surface area contributed by atoms with Crippen LogP contribution in [0.15, 0.2) is 0 Å². The molecular weight excluding hydrogens is 205 g/mol. The molecule has 0 radical (unpaired) electrons. The molecule has 8 heteroatoms. The zero-order chi connectivity index (χ0) is 11.4. The summed E-state index contributed by atoms with van der Waals surface area (Å²) >= 11 is 0. The number of ether oxygens (including phenoxy) is 1. The Labute approximate surface area is 77.6 Å². The third-order valence-electron chi connectivity index (χ3n) is 1.07.